The zero-order valence-corrected chi connectivity index (χ0v) is 22.3. The topological polar surface area (TPSA) is 60.4 Å². The van der Waals surface area contributed by atoms with E-state index < -0.39 is 11.8 Å². The van der Waals surface area contributed by atoms with Gasteiger partial charge in [0.05, 0.1) is 11.8 Å². The molecule has 0 amide bonds. The summed E-state index contributed by atoms with van der Waals surface area (Å²) >= 11 is 0. The van der Waals surface area contributed by atoms with Crippen LogP contribution in [0.2, 0.25) is 0 Å². The maximum atomic E-state index is 14.7. The Kier molecular flexibility index (Phi) is 4.71. The van der Waals surface area contributed by atoms with Gasteiger partial charge in [-0.15, -0.1) is 0 Å². The van der Waals surface area contributed by atoms with Crippen molar-refractivity contribution in [3.63, 3.8) is 0 Å². The van der Waals surface area contributed by atoms with Gasteiger partial charge >= 0.3 is 0 Å². The van der Waals surface area contributed by atoms with E-state index in [1.165, 1.54) is 0 Å². The number of carbonyl (C=O) groups excluding carboxylic acids is 2. The lowest BCUT2D eigenvalue weighted by atomic mass is 9.66. The Labute approximate surface area is 240 Å². The highest BCUT2D eigenvalue weighted by Crippen LogP contribution is 2.47. The zero-order chi connectivity index (χ0) is 27.9. The molecular weight excluding hydrogens is 520 g/mol. The molecule has 198 valence electrons. The van der Waals surface area contributed by atoms with Crippen molar-refractivity contribution in [3.05, 3.63) is 138 Å². The van der Waals surface area contributed by atoms with Gasteiger partial charge in [0.25, 0.3) is 0 Å². The molecule has 2 atom stereocenters. The van der Waals surface area contributed by atoms with Gasteiger partial charge < -0.3 is 8.83 Å². The Bertz CT molecular complexity index is 2360. The monoisotopic (exact) mass is 542 g/mol. The van der Waals surface area contributed by atoms with Crippen molar-refractivity contribution in [3.8, 4) is 11.1 Å². The van der Waals surface area contributed by atoms with Crippen molar-refractivity contribution >= 4 is 61.0 Å². The molecule has 5 aromatic carbocycles. The molecule has 2 unspecified atom stereocenters. The second-order valence-corrected chi connectivity index (χ2v) is 11.0. The lowest BCUT2D eigenvalue weighted by Crippen LogP contribution is -2.37. The summed E-state index contributed by atoms with van der Waals surface area (Å²) < 4.78 is 12.7. The van der Waals surface area contributed by atoms with Gasteiger partial charge in [0, 0.05) is 43.8 Å². The molecule has 0 spiro atoms. The third-order valence-electron chi connectivity index (χ3n) is 8.86. The van der Waals surface area contributed by atoms with Crippen molar-refractivity contribution < 1.29 is 18.4 Å². The molecule has 2 aliphatic carbocycles. The van der Waals surface area contributed by atoms with E-state index in [2.05, 4.69) is 0 Å². The Morgan fingerprint density at radius 2 is 1.05 bits per heavy atom. The largest absolute Gasteiger partial charge is 0.455 e. The van der Waals surface area contributed by atoms with E-state index >= 15 is 0 Å². The predicted octanol–water partition coefficient (Wildman–Crippen LogP) is 9.42. The van der Waals surface area contributed by atoms with Gasteiger partial charge in [0.1, 0.15) is 22.3 Å². The fourth-order valence-corrected chi connectivity index (χ4v) is 7.00. The molecule has 7 aromatic rings. The maximum Gasteiger partial charge on any atom is 0.172 e. The van der Waals surface area contributed by atoms with Crippen LogP contribution < -0.4 is 0 Å². The molecule has 2 aliphatic rings. The van der Waals surface area contributed by atoms with Gasteiger partial charge in [-0.1, -0.05) is 109 Å². The predicted molar refractivity (Wildman–Crippen MR) is 166 cm³/mol. The summed E-state index contributed by atoms with van der Waals surface area (Å²) in [6, 6.07) is 33.4. The summed E-state index contributed by atoms with van der Waals surface area (Å²) in [5, 5.41) is 4.01. The second kappa shape index (κ2) is 8.51. The number of rotatable bonds is 2. The Morgan fingerprint density at radius 1 is 0.500 bits per heavy atom. The van der Waals surface area contributed by atoms with E-state index in [0.29, 0.717) is 22.3 Å². The number of fused-ring (bicyclic) bond motifs is 8. The first kappa shape index (κ1) is 23.2. The van der Waals surface area contributed by atoms with E-state index in [-0.39, 0.29) is 11.6 Å². The molecule has 0 saturated carbocycles. The van der Waals surface area contributed by atoms with E-state index in [4.69, 9.17) is 8.83 Å². The third-order valence-corrected chi connectivity index (χ3v) is 8.86. The third kappa shape index (κ3) is 3.06. The molecule has 42 heavy (non-hydrogen) atoms. The van der Waals surface area contributed by atoms with Crippen molar-refractivity contribution in [2.24, 2.45) is 11.8 Å². The van der Waals surface area contributed by atoms with Crippen molar-refractivity contribution in [1.29, 1.82) is 0 Å². The average Bonchev–Trinajstić information content (AvgIpc) is 3.61. The van der Waals surface area contributed by atoms with E-state index in [0.717, 1.165) is 55.0 Å². The highest BCUT2D eigenvalue weighted by molar-refractivity contribution is 6.24. The van der Waals surface area contributed by atoms with Crippen LogP contribution in [0.3, 0.4) is 0 Å². The SMILES string of the molecule is O=C1c2cccc(-c3cccc4c3oc3ccccc34)c2C(=O)C2C(c3cccc4c3oc3ccccc34)=CC=CC12. The standard InChI is InChI=1S/C38H22O4/c39-35-29-17-5-11-23(27-15-7-13-25-21-9-1-3-19-31(21)41-37(25)27)33(29)36(40)34-24(12-6-18-30(34)35)28-16-8-14-26-22-10-2-4-20-32(22)42-38(26)28/h1-20,29,33H. The molecule has 0 N–H and O–H groups in total. The second-order valence-electron chi connectivity index (χ2n) is 11.0. The summed E-state index contributed by atoms with van der Waals surface area (Å²) in [6.07, 6.45) is 5.72. The van der Waals surface area contributed by atoms with E-state index in [1.54, 1.807) is 6.07 Å². The van der Waals surface area contributed by atoms with Crippen molar-refractivity contribution in [2.45, 2.75) is 0 Å². The average molecular weight is 543 g/mol. The van der Waals surface area contributed by atoms with Crippen molar-refractivity contribution in [2.75, 3.05) is 0 Å². The highest BCUT2D eigenvalue weighted by atomic mass is 16.3. The molecule has 0 radical (unpaired) electrons. The molecule has 2 aromatic heterocycles. The molecule has 2 heterocycles. The van der Waals surface area contributed by atoms with Gasteiger partial charge in [-0.3, -0.25) is 9.59 Å². The molecule has 0 bridgehead atoms. The zero-order valence-electron chi connectivity index (χ0n) is 22.3. The van der Waals surface area contributed by atoms with Crippen LogP contribution in [0.25, 0.3) is 60.6 Å². The number of Topliss-reactive ketones (excluding diaryl/α,β-unsaturated/α-hetero) is 2. The van der Waals surface area contributed by atoms with Gasteiger partial charge in [-0.25, -0.2) is 0 Å². The first-order valence-corrected chi connectivity index (χ1v) is 14.1. The normalized spacial score (nSPS) is 18.1. The molecule has 9 rings (SSSR count). The summed E-state index contributed by atoms with van der Waals surface area (Å²) in [5.41, 5.74) is 7.08. The number of carbonyl (C=O) groups is 2. The Morgan fingerprint density at radius 3 is 1.76 bits per heavy atom. The van der Waals surface area contributed by atoms with Crippen LogP contribution >= 0.6 is 0 Å². The van der Waals surface area contributed by atoms with Crippen LogP contribution in [0, 0.1) is 11.8 Å². The summed E-state index contributed by atoms with van der Waals surface area (Å²) in [7, 11) is 0. The fraction of sp³-hybridized carbons (Fsp3) is 0.0526. The fourth-order valence-electron chi connectivity index (χ4n) is 7.00. The Hall–Kier alpha value is -5.48. The molecule has 0 aliphatic heterocycles. The maximum absolute atomic E-state index is 14.7. The summed E-state index contributed by atoms with van der Waals surface area (Å²) in [4.78, 5) is 28.8. The van der Waals surface area contributed by atoms with E-state index in [1.807, 2.05) is 115 Å². The summed E-state index contributed by atoms with van der Waals surface area (Å²) in [6.45, 7) is 0. The number of benzene rings is 5. The minimum Gasteiger partial charge on any atom is -0.455 e. The van der Waals surface area contributed by atoms with Crippen molar-refractivity contribution in [1.82, 2.24) is 0 Å². The van der Waals surface area contributed by atoms with Gasteiger partial charge in [-0.05, 0) is 23.3 Å². The number of hydrogen-bond donors (Lipinski definition) is 0. The smallest absolute Gasteiger partial charge is 0.172 e. The molecule has 0 saturated heterocycles. The van der Waals surface area contributed by atoms with Crippen LogP contribution in [0.15, 0.2) is 130 Å². The highest BCUT2D eigenvalue weighted by Gasteiger charge is 2.45. The summed E-state index contributed by atoms with van der Waals surface area (Å²) in [5.74, 6) is -1.36. The minimum atomic E-state index is -0.662. The van der Waals surface area contributed by atoms with Gasteiger partial charge in [-0.2, -0.15) is 0 Å². The first-order valence-electron chi connectivity index (χ1n) is 14.1. The van der Waals surface area contributed by atoms with Gasteiger partial charge in [0.2, 0.25) is 0 Å². The number of allylic oxidation sites excluding steroid dienone is 4. The van der Waals surface area contributed by atoms with Crippen LogP contribution in [-0.4, -0.2) is 11.6 Å². The molecule has 0 fully saturated rings. The Balaban J connectivity index is 1.26. The van der Waals surface area contributed by atoms with Crippen LogP contribution in [0.1, 0.15) is 26.3 Å². The molecule has 4 nitrogen and oxygen atoms in total. The first-order chi connectivity index (χ1) is 20.7. The number of hydrogen-bond acceptors (Lipinski definition) is 4. The van der Waals surface area contributed by atoms with Gasteiger partial charge in [0.15, 0.2) is 11.6 Å². The number of ketones is 2. The van der Waals surface area contributed by atoms with E-state index in [9.17, 15) is 9.59 Å². The number of furan rings is 2. The molecule has 4 heteroatoms. The lowest BCUT2D eigenvalue weighted by molar-refractivity contribution is 0.0808. The lowest BCUT2D eigenvalue weighted by Gasteiger charge is -2.33. The quantitative estimate of drug-likeness (QED) is 0.218. The van der Waals surface area contributed by atoms with Crippen LogP contribution in [0.5, 0.6) is 0 Å². The number of para-hydroxylation sites is 4. The van der Waals surface area contributed by atoms with Crippen LogP contribution in [-0.2, 0) is 0 Å². The molecular formula is C38H22O4. The van der Waals surface area contributed by atoms with Crippen LogP contribution in [0.4, 0.5) is 0 Å². The minimum absolute atomic E-state index is 0.0492.